The molecule has 3 heterocycles. The monoisotopic (exact) mass is 445 g/mol. The number of ether oxygens (including phenoxy) is 3. The van der Waals surface area contributed by atoms with Crippen LogP contribution in [0, 0.1) is 5.92 Å². The second-order valence-corrected chi connectivity index (χ2v) is 9.74. The van der Waals surface area contributed by atoms with E-state index in [-0.39, 0.29) is 5.91 Å². The Morgan fingerprint density at radius 2 is 1.59 bits per heavy atom. The molecule has 0 aromatic heterocycles. The number of morpholine rings is 1. The van der Waals surface area contributed by atoms with E-state index in [4.69, 9.17) is 14.2 Å². The fourth-order valence-corrected chi connectivity index (χ4v) is 5.51. The van der Waals surface area contributed by atoms with Gasteiger partial charge in [-0.1, -0.05) is 0 Å². The summed E-state index contributed by atoms with van der Waals surface area (Å²) in [6.07, 6.45) is 3.86. The quantitative estimate of drug-likeness (QED) is 0.670. The predicted octanol–water partition coefficient (Wildman–Crippen LogP) is 2.41. The summed E-state index contributed by atoms with van der Waals surface area (Å²) in [6, 6.07) is 4.07. The highest BCUT2D eigenvalue weighted by molar-refractivity contribution is 5.78. The molecule has 2 unspecified atom stereocenters. The molecule has 0 bridgehead atoms. The Balaban J connectivity index is 1.25. The zero-order valence-electron chi connectivity index (χ0n) is 20.1. The van der Waals surface area contributed by atoms with E-state index in [9.17, 15) is 4.79 Å². The molecule has 1 aromatic rings. The summed E-state index contributed by atoms with van der Waals surface area (Å²) in [6.45, 7) is 11.6. The zero-order chi connectivity index (χ0) is 22.7. The topological polar surface area (TPSA) is 54.5 Å². The molecule has 3 aliphatic rings. The SMILES string of the molecule is COc1cc2c(cc1OC)CN(C(=O)CN1CCC(CN3CC(C)OC(C)C3)CC1)CC2. The minimum absolute atomic E-state index is 0.236. The van der Waals surface area contributed by atoms with Crippen LogP contribution in [-0.4, -0.2) is 92.8 Å². The highest BCUT2D eigenvalue weighted by atomic mass is 16.5. The number of amides is 1. The molecule has 1 amide bonds. The van der Waals surface area contributed by atoms with Crippen LogP contribution in [0.1, 0.15) is 37.8 Å². The van der Waals surface area contributed by atoms with Crippen LogP contribution in [0.3, 0.4) is 0 Å². The van der Waals surface area contributed by atoms with Gasteiger partial charge in [0.05, 0.1) is 33.0 Å². The van der Waals surface area contributed by atoms with E-state index in [1.807, 2.05) is 11.0 Å². The third-order valence-electron chi connectivity index (χ3n) is 7.15. The number of benzene rings is 1. The summed E-state index contributed by atoms with van der Waals surface area (Å²) in [4.78, 5) is 19.9. The Morgan fingerprint density at radius 1 is 0.969 bits per heavy atom. The third kappa shape index (κ3) is 5.56. The van der Waals surface area contributed by atoms with E-state index in [1.54, 1.807) is 14.2 Å². The van der Waals surface area contributed by atoms with Gasteiger partial charge in [-0.2, -0.15) is 0 Å². The summed E-state index contributed by atoms with van der Waals surface area (Å²) in [5.74, 6) is 2.45. The second kappa shape index (κ2) is 10.4. The Hall–Kier alpha value is -1.83. The number of hydrogen-bond donors (Lipinski definition) is 0. The smallest absolute Gasteiger partial charge is 0.237 e. The summed E-state index contributed by atoms with van der Waals surface area (Å²) in [5.41, 5.74) is 2.41. The number of nitrogens with zero attached hydrogens (tertiary/aromatic N) is 3. The molecule has 178 valence electrons. The van der Waals surface area contributed by atoms with Gasteiger partial charge in [0.15, 0.2) is 11.5 Å². The van der Waals surface area contributed by atoms with Crippen molar-refractivity contribution in [2.45, 2.75) is 51.9 Å². The first-order chi connectivity index (χ1) is 15.4. The molecule has 7 nitrogen and oxygen atoms in total. The van der Waals surface area contributed by atoms with Crippen LogP contribution >= 0.6 is 0 Å². The van der Waals surface area contributed by atoms with Crippen LogP contribution in [-0.2, 0) is 22.5 Å². The zero-order valence-corrected chi connectivity index (χ0v) is 20.1. The van der Waals surface area contributed by atoms with Gasteiger partial charge in [-0.3, -0.25) is 14.6 Å². The predicted molar refractivity (Wildman–Crippen MR) is 124 cm³/mol. The molecule has 4 rings (SSSR count). The first kappa shape index (κ1) is 23.3. The molecule has 0 saturated carbocycles. The lowest BCUT2D eigenvalue weighted by atomic mass is 9.95. The minimum Gasteiger partial charge on any atom is -0.493 e. The Bertz CT molecular complexity index is 784. The van der Waals surface area contributed by atoms with Gasteiger partial charge < -0.3 is 19.1 Å². The molecule has 1 aromatic carbocycles. The standard InChI is InChI=1S/C25H39N3O4/c1-18-13-27(14-19(2)32-18)15-20-5-8-26(9-6-20)17-25(29)28-10-7-21-11-23(30-3)24(31-4)12-22(21)16-28/h11-12,18-20H,5-10,13-17H2,1-4H3. The summed E-state index contributed by atoms with van der Waals surface area (Å²) >= 11 is 0. The molecule has 0 N–H and O–H groups in total. The van der Waals surface area contributed by atoms with E-state index in [2.05, 4.69) is 29.7 Å². The van der Waals surface area contributed by atoms with Crippen molar-refractivity contribution in [3.63, 3.8) is 0 Å². The number of carbonyl (C=O) groups excluding carboxylic acids is 1. The largest absolute Gasteiger partial charge is 0.493 e. The van der Waals surface area contributed by atoms with E-state index >= 15 is 0 Å². The van der Waals surface area contributed by atoms with Gasteiger partial charge in [-0.25, -0.2) is 0 Å². The van der Waals surface area contributed by atoms with Crippen molar-refractivity contribution in [2.24, 2.45) is 5.92 Å². The van der Waals surface area contributed by atoms with Crippen molar-refractivity contribution < 1.29 is 19.0 Å². The molecule has 3 aliphatic heterocycles. The first-order valence-electron chi connectivity index (χ1n) is 12.1. The van der Waals surface area contributed by atoms with Crippen molar-refractivity contribution in [1.29, 1.82) is 0 Å². The van der Waals surface area contributed by atoms with Gasteiger partial charge in [0.25, 0.3) is 0 Å². The van der Waals surface area contributed by atoms with E-state index in [0.29, 0.717) is 25.3 Å². The van der Waals surface area contributed by atoms with Gasteiger partial charge in [-0.05, 0) is 75.4 Å². The average Bonchev–Trinajstić information content (AvgIpc) is 2.78. The normalized spacial score (nSPS) is 25.4. The van der Waals surface area contributed by atoms with Crippen molar-refractivity contribution in [2.75, 3.05) is 60.0 Å². The maximum absolute atomic E-state index is 13.0. The molecule has 2 saturated heterocycles. The van der Waals surface area contributed by atoms with Crippen LogP contribution in [0.5, 0.6) is 11.5 Å². The van der Waals surface area contributed by atoms with Crippen molar-refractivity contribution >= 4 is 5.91 Å². The second-order valence-electron chi connectivity index (χ2n) is 9.74. The minimum atomic E-state index is 0.236. The fraction of sp³-hybridized carbons (Fsp3) is 0.720. The fourth-order valence-electron chi connectivity index (χ4n) is 5.51. The molecular formula is C25H39N3O4. The molecule has 2 atom stereocenters. The lowest BCUT2D eigenvalue weighted by molar-refractivity contribution is -0.133. The molecule has 0 radical (unpaired) electrons. The van der Waals surface area contributed by atoms with E-state index in [0.717, 1.165) is 68.7 Å². The molecule has 7 heteroatoms. The van der Waals surface area contributed by atoms with E-state index in [1.165, 1.54) is 18.4 Å². The molecule has 2 fully saturated rings. The van der Waals surface area contributed by atoms with Crippen molar-refractivity contribution in [3.8, 4) is 11.5 Å². The van der Waals surface area contributed by atoms with Crippen molar-refractivity contribution in [3.05, 3.63) is 23.3 Å². The Labute approximate surface area is 192 Å². The number of hydrogen-bond acceptors (Lipinski definition) is 6. The van der Waals surface area contributed by atoms with Gasteiger partial charge >= 0.3 is 0 Å². The van der Waals surface area contributed by atoms with Gasteiger partial charge in [0.1, 0.15) is 0 Å². The maximum atomic E-state index is 13.0. The molecular weight excluding hydrogens is 406 g/mol. The number of fused-ring (bicyclic) bond motifs is 1. The Kier molecular flexibility index (Phi) is 7.59. The van der Waals surface area contributed by atoms with E-state index < -0.39 is 0 Å². The average molecular weight is 446 g/mol. The number of likely N-dealkylation sites (tertiary alicyclic amines) is 1. The molecule has 0 spiro atoms. The van der Waals surface area contributed by atoms with Gasteiger partial charge in [0.2, 0.25) is 5.91 Å². The number of carbonyl (C=O) groups is 1. The lowest BCUT2D eigenvalue weighted by Gasteiger charge is -2.39. The first-order valence-corrected chi connectivity index (χ1v) is 12.1. The highest BCUT2D eigenvalue weighted by Crippen LogP contribution is 2.33. The summed E-state index contributed by atoms with van der Waals surface area (Å²) in [7, 11) is 3.31. The highest BCUT2D eigenvalue weighted by Gasteiger charge is 2.29. The number of piperidine rings is 1. The Morgan fingerprint density at radius 3 is 2.22 bits per heavy atom. The van der Waals surface area contributed by atoms with Crippen molar-refractivity contribution in [1.82, 2.24) is 14.7 Å². The lowest BCUT2D eigenvalue weighted by Crippen LogP contribution is -2.49. The molecule has 32 heavy (non-hydrogen) atoms. The third-order valence-corrected chi connectivity index (χ3v) is 7.15. The number of methoxy groups -OCH3 is 2. The summed E-state index contributed by atoms with van der Waals surface area (Å²) < 4.78 is 16.7. The van der Waals surface area contributed by atoms with Crippen LogP contribution in [0.4, 0.5) is 0 Å². The van der Waals surface area contributed by atoms with Crippen LogP contribution in [0.15, 0.2) is 12.1 Å². The van der Waals surface area contributed by atoms with Gasteiger partial charge in [0, 0.05) is 32.7 Å². The number of rotatable bonds is 6. The van der Waals surface area contributed by atoms with Crippen LogP contribution in [0.2, 0.25) is 0 Å². The maximum Gasteiger partial charge on any atom is 0.237 e. The van der Waals surface area contributed by atoms with Crippen LogP contribution < -0.4 is 9.47 Å². The molecule has 0 aliphatic carbocycles. The van der Waals surface area contributed by atoms with Gasteiger partial charge in [-0.15, -0.1) is 0 Å². The van der Waals surface area contributed by atoms with Crippen LogP contribution in [0.25, 0.3) is 0 Å². The summed E-state index contributed by atoms with van der Waals surface area (Å²) in [5, 5.41) is 0.